The molecule has 0 radical (unpaired) electrons. The topological polar surface area (TPSA) is 61.7 Å². The fraction of sp³-hybridized carbons (Fsp3) is 0. The average Bonchev–Trinajstić information content (AvgIpc) is 2.12. The van der Waals surface area contributed by atoms with Crippen molar-refractivity contribution in [2.24, 2.45) is 5.10 Å². The maximum atomic E-state index is 10.3. The van der Waals surface area contributed by atoms with Crippen LogP contribution in [0.15, 0.2) is 23.3 Å². The molecule has 0 fully saturated rings. The van der Waals surface area contributed by atoms with Gasteiger partial charge in [0.25, 0.3) is 0 Å². The first-order valence-electron chi connectivity index (χ1n) is 3.67. The highest BCUT2D eigenvalue weighted by Gasteiger charge is 2.04. The molecule has 0 spiro atoms. The van der Waals surface area contributed by atoms with Gasteiger partial charge in [-0.25, -0.2) is 4.79 Å². The van der Waals surface area contributed by atoms with E-state index in [9.17, 15) is 4.79 Å². The number of benzene rings is 1. The van der Waals surface area contributed by atoms with E-state index in [4.69, 9.17) is 39.9 Å². The molecular formula is C8H5Cl3N2O2. The number of hydrogen-bond acceptors (Lipinski definition) is 3. The number of halogens is 3. The Morgan fingerprint density at radius 3 is 2.27 bits per heavy atom. The van der Waals surface area contributed by atoms with Gasteiger partial charge in [-0.2, -0.15) is 5.10 Å². The molecule has 0 heterocycles. The molecule has 0 aliphatic rings. The molecule has 0 aliphatic heterocycles. The van der Waals surface area contributed by atoms with E-state index in [1.54, 1.807) is 0 Å². The molecule has 4 nitrogen and oxygen atoms in total. The third kappa shape index (κ3) is 3.95. The number of carboxylic acids is 1. The van der Waals surface area contributed by atoms with Crippen molar-refractivity contribution in [2.45, 2.75) is 0 Å². The van der Waals surface area contributed by atoms with Crippen LogP contribution >= 0.6 is 34.8 Å². The molecular weight excluding hydrogens is 262 g/mol. The number of carboxylic acid groups (broad SMARTS) is 1. The summed E-state index contributed by atoms with van der Waals surface area (Å²) in [4.78, 5) is 10.3. The first-order chi connectivity index (χ1) is 6.99. The summed E-state index contributed by atoms with van der Waals surface area (Å²) >= 11 is 16.7. The third-order valence-corrected chi connectivity index (χ3v) is 2.00. The van der Waals surface area contributed by atoms with E-state index < -0.39 is 11.1 Å². The highest BCUT2D eigenvalue weighted by molar-refractivity contribution is 6.81. The van der Waals surface area contributed by atoms with E-state index in [0.29, 0.717) is 15.7 Å². The minimum atomic E-state index is -1.32. The second kappa shape index (κ2) is 5.21. The Kier molecular flexibility index (Phi) is 4.20. The second-order valence-electron chi connectivity index (χ2n) is 2.48. The van der Waals surface area contributed by atoms with Crippen LogP contribution in [0.2, 0.25) is 10.0 Å². The van der Waals surface area contributed by atoms with E-state index in [0.717, 1.165) is 0 Å². The minimum absolute atomic E-state index is 0.409. The van der Waals surface area contributed by atoms with Crippen LogP contribution in [0.25, 0.3) is 0 Å². The number of anilines is 1. The fourth-order valence-electron chi connectivity index (χ4n) is 0.780. The molecule has 80 valence electrons. The average molecular weight is 267 g/mol. The Balaban J connectivity index is 2.82. The van der Waals surface area contributed by atoms with Crippen molar-refractivity contribution in [1.29, 1.82) is 0 Å². The Hall–Kier alpha value is -0.970. The smallest absolute Gasteiger partial charge is 0.368 e. The molecule has 1 aromatic rings. The van der Waals surface area contributed by atoms with Crippen LogP contribution in [0, 0.1) is 0 Å². The molecule has 0 unspecified atom stereocenters. The van der Waals surface area contributed by atoms with Crippen molar-refractivity contribution >= 4 is 51.6 Å². The summed E-state index contributed by atoms with van der Waals surface area (Å²) < 4.78 is 0. The van der Waals surface area contributed by atoms with Crippen LogP contribution in [-0.4, -0.2) is 16.2 Å². The van der Waals surface area contributed by atoms with Crippen molar-refractivity contribution in [3.05, 3.63) is 28.2 Å². The van der Waals surface area contributed by atoms with E-state index in [1.807, 2.05) is 0 Å². The maximum Gasteiger partial charge on any atom is 0.368 e. The molecule has 2 N–H and O–H groups in total. The predicted octanol–water partition coefficient (Wildman–Crippen LogP) is 3.04. The molecule has 0 aliphatic carbocycles. The second-order valence-corrected chi connectivity index (χ2v) is 3.71. The van der Waals surface area contributed by atoms with Gasteiger partial charge in [-0.05, 0) is 18.2 Å². The number of nitrogens with one attached hydrogen (secondary N) is 1. The summed E-state index contributed by atoms with van der Waals surface area (Å²) in [6.07, 6.45) is 0. The van der Waals surface area contributed by atoms with Gasteiger partial charge in [0.2, 0.25) is 5.17 Å². The summed E-state index contributed by atoms with van der Waals surface area (Å²) in [5, 5.41) is 12.0. The number of nitrogens with zero attached hydrogens (tertiary/aromatic N) is 1. The summed E-state index contributed by atoms with van der Waals surface area (Å²) in [6, 6.07) is 4.60. The largest absolute Gasteiger partial charge is 0.476 e. The van der Waals surface area contributed by atoms with Crippen molar-refractivity contribution < 1.29 is 9.90 Å². The van der Waals surface area contributed by atoms with Gasteiger partial charge in [-0.3, -0.25) is 5.43 Å². The van der Waals surface area contributed by atoms with E-state index in [2.05, 4.69) is 10.5 Å². The Morgan fingerprint density at radius 1 is 1.27 bits per heavy atom. The Morgan fingerprint density at radius 2 is 1.80 bits per heavy atom. The molecule has 1 aromatic carbocycles. The number of carbonyl (C=O) groups is 1. The van der Waals surface area contributed by atoms with Gasteiger partial charge in [0.1, 0.15) is 0 Å². The van der Waals surface area contributed by atoms with Crippen molar-refractivity contribution in [3.8, 4) is 0 Å². The van der Waals surface area contributed by atoms with E-state index >= 15 is 0 Å². The first kappa shape index (κ1) is 12.1. The zero-order chi connectivity index (χ0) is 11.4. The summed E-state index contributed by atoms with van der Waals surface area (Å²) in [5.74, 6) is -1.32. The van der Waals surface area contributed by atoms with E-state index in [1.165, 1.54) is 18.2 Å². The molecule has 0 amide bonds. The molecule has 0 bridgehead atoms. The zero-order valence-electron chi connectivity index (χ0n) is 7.17. The summed E-state index contributed by atoms with van der Waals surface area (Å²) in [5.41, 5.74) is 2.86. The van der Waals surface area contributed by atoms with Crippen molar-refractivity contribution in [3.63, 3.8) is 0 Å². The lowest BCUT2D eigenvalue weighted by molar-refractivity contribution is -0.129. The molecule has 0 saturated carbocycles. The number of rotatable bonds is 3. The third-order valence-electron chi connectivity index (χ3n) is 1.32. The van der Waals surface area contributed by atoms with Gasteiger partial charge in [-0.1, -0.05) is 34.8 Å². The van der Waals surface area contributed by atoms with Crippen LogP contribution in [0.3, 0.4) is 0 Å². The summed E-state index contributed by atoms with van der Waals surface area (Å²) in [7, 11) is 0. The maximum absolute atomic E-state index is 10.3. The van der Waals surface area contributed by atoms with Crippen LogP contribution in [0.4, 0.5) is 5.69 Å². The lowest BCUT2D eigenvalue weighted by Crippen LogP contribution is -2.07. The van der Waals surface area contributed by atoms with Gasteiger partial charge in [0.05, 0.1) is 5.69 Å². The van der Waals surface area contributed by atoms with Crippen molar-refractivity contribution in [2.75, 3.05) is 5.43 Å². The zero-order valence-corrected chi connectivity index (χ0v) is 9.44. The standard InChI is InChI=1S/C8H5Cl3N2O2/c9-4-1-5(10)3-6(2-4)12-13-7(11)8(14)15/h1-3,12H,(H,14,15). The highest BCUT2D eigenvalue weighted by Crippen LogP contribution is 2.22. The number of hydrogen-bond donors (Lipinski definition) is 2. The monoisotopic (exact) mass is 266 g/mol. The van der Waals surface area contributed by atoms with Crippen LogP contribution in [0.1, 0.15) is 0 Å². The highest BCUT2D eigenvalue weighted by atomic mass is 35.5. The Bertz CT molecular complexity index is 400. The normalized spacial score (nSPS) is 11.3. The predicted molar refractivity (Wildman–Crippen MR) is 61.0 cm³/mol. The molecule has 0 atom stereocenters. The van der Waals surface area contributed by atoms with Gasteiger partial charge in [-0.15, -0.1) is 0 Å². The lowest BCUT2D eigenvalue weighted by atomic mass is 10.3. The molecule has 0 aromatic heterocycles. The molecule has 1 rings (SSSR count). The van der Waals surface area contributed by atoms with Crippen LogP contribution in [-0.2, 0) is 4.79 Å². The van der Waals surface area contributed by atoms with Gasteiger partial charge >= 0.3 is 5.97 Å². The van der Waals surface area contributed by atoms with Gasteiger partial charge < -0.3 is 5.11 Å². The quantitative estimate of drug-likeness (QED) is 0.653. The van der Waals surface area contributed by atoms with Crippen molar-refractivity contribution in [1.82, 2.24) is 0 Å². The minimum Gasteiger partial charge on any atom is -0.476 e. The first-order valence-corrected chi connectivity index (χ1v) is 4.81. The number of hydrazone groups is 1. The van der Waals surface area contributed by atoms with Crippen LogP contribution < -0.4 is 5.43 Å². The van der Waals surface area contributed by atoms with Crippen LogP contribution in [0.5, 0.6) is 0 Å². The fourth-order valence-corrected chi connectivity index (χ4v) is 1.35. The summed E-state index contributed by atoms with van der Waals surface area (Å²) in [6.45, 7) is 0. The van der Waals surface area contributed by atoms with E-state index in [-0.39, 0.29) is 0 Å². The molecule has 15 heavy (non-hydrogen) atoms. The SMILES string of the molecule is O=C(O)C(Cl)=NNc1cc(Cl)cc(Cl)c1. The van der Waals surface area contributed by atoms with Gasteiger partial charge in [0, 0.05) is 10.0 Å². The number of aliphatic carboxylic acids is 1. The Labute approximate surface area is 100 Å². The molecule has 7 heteroatoms. The van der Waals surface area contributed by atoms with Gasteiger partial charge in [0.15, 0.2) is 0 Å². The molecule has 0 saturated heterocycles. The lowest BCUT2D eigenvalue weighted by Gasteiger charge is -2.01.